The number of benzene rings is 1. The van der Waals surface area contributed by atoms with Gasteiger partial charge < -0.3 is 4.57 Å². The summed E-state index contributed by atoms with van der Waals surface area (Å²) in [6.45, 7) is 3.96. The standard InChI is InChI=1S/C17H22N2O2S/c1-2-22(20,21)18-10-9-17-15(12-18)14-5-3-4-6-16(14)19(17)11-13-7-8-13/h3-6,13H,2,7-12H2,1H3. The first-order chi connectivity index (χ1) is 10.6. The smallest absolute Gasteiger partial charge is 0.214 e. The second-order valence-electron chi connectivity index (χ2n) is 6.48. The maximum atomic E-state index is 12.2. The Morgan fingerprint density at radius 2 is 2.00 bits per heavy atom. The molecule has 1 saturated carbocycles. The van der Waals surface area contributed by atoms with Crippen LogP contribution in [-0.4, -0.2) is 29.6 Å². The molecule has 0 unspecified atom stereocenters. The summed E-state index contributed by atoms with van der Waals surface area (Å²) in [7, 11) is -3.11. The number of nitrogens with zero attached hydrogens (tertiary/aromatic N) is 2. The highest BCUT2D eigenvalue weighted by Gasteiger charge is 2.31. The molecule has 0 spiro atoms. The summed E-state index contributed by atoms with van der Waals surface area (Å²) in [5.74, 6) is 1.00. The average molecular weight is 318 g/mol. The lowest BCUT2D eigenvalue weighted by Crippen LogP contribution is -2.37. The first kappa shape index (κ1) is 14.3. The molecule has 4 nitrogen and oxygen atoms in total. The highest BCUT2D eigenvalue weighted by Crippen LogP contribution is 2.37. The van der Waals surface area contributed by atoms with E-state index in [0.29, 0.717) is 13.1 Å². The molecular formula is C17H22N2O2S. The van der Waals surface area contributed by atoms with Crippen LogP contribution in [-0.2, 0) is 29.5 Å². The molecule has 118 valence electrons. The molecule has 0 radical (unpaired) electrons. The zero-order valence-electron chi connectivity index (χ0n) is 13.0. The lowest BCUT2D eigenvalue weighted by Gasteiger charge is -2.27. The quantitative estimate of drug-likeness (QED) is 0.870. The van der Waals surface area contributed by atoms with Crippen molar-refractivity contribution in [3.8, 4) is 0 Å². The molecule has 4 rings (SSSR count). The van der Waals surface area contributed by atoms with Crippen molar-refractivity contribution in [1.29, 1.82) is 0 Å². The summed E-state index contributed by atoms with van der Waals surface area (Å²) in [6.07, 6.45) is 3.49. The Kier molecular flexibility index (Phi) is 3.31. The maximum absolute atomic E-state index is 12.2. The van der Waals surface area contributed by atoms with Crippen LogP contribution >= 0.6 is 0 Å². The van der Waals surface area contributed by atoms with Crippen LogP contribution in [0.25, 0.3) is 10.9 Å². The van der Waals surface area contributed by atoms with Crippen molar-refractivity contribution in [3.05, 3.63) is 35.5 Å². The Hall–Kier alpha value is -1.33. The molecule has 1 aromatic carbocycles. The molecule has 1 aromatic heterocycles. The van der Waals surface area contributed by atoms with E-state index in [4.69, 9.17) is 0 Å². The minimum atomic E-state index is -3.11. The van der Waals surface area contributed by atoms with E-state index in [2.05, 4.69) is 28.8 Å². The van der Waals surface area contributed by atoms with Crippen molar-refractivity contribution in [2.45, 2.75) is 39.3 Å². The van der Waals surface area contributed by atoms with Gasteiger partial charge >= 0.3 is 0 Å². The molecular weight excluding hydrogens is 296 g/mol. The molecule has 0 saturated heterocycles. The predicted molar refractivity (Wildman–Crippen MR) is 88.2 cm³/mol. The van der Waals surface area contributed by atoms with E-state index in [1.165, 1.54) is 35.0 Å². The SMILES string of the molecule is CCS(=O)(=O)N1CCc2c(c3ccccc3n2CC2CC2)C1. The minimum absolute atomic E-state index is 0.184. The predicted octanol–water partition coefficient (Wildman–Crippen LogP) is 2.76. The lowest BCUT2D eigenvalue weighted by molar-refractivity contribution is 0.385. The van der Waals surface area contributed by atoms with Gasteiger partial charge in [-0.1, -0.05) is 18.2 Å². The largest absolute Gasteiger partial charge is 0.344 e. The molecule has 2 aromatic rings. The van der Waals surface area contributed by atoms with Crippen molar-refractivity contribution in [3.63, 3.8) is 0 Å². The van der Waals surface area contributed by atoms with Crippen molar-refractivity contribution in [2.24, 2.45) is 5.92 Å². The molecule has 1 fully saturated rings. The average Bonchev–Trinajstić information content (AvgIpc) is 3.31. The van der Waals surface area contributed by atoms with E-state index in [9.17, 15) is 8.42 Å². The van der Waals surface area contributed by atoms with Crippen LogP contribution in [0.3, 0.4) is 0 Å². The normalized spacial score (nSPS) is 19.5. The molecule has 2 aliphatic rings. The molecule has 0 bridgehead atoms. The summed E-state index contributed by atoms with van der Waals surface area (Å²) < 4.78 is 28.5. The summed E-state index contributed by atoms with van der Waals surface area (Å²) in [5, 5.41) is 1.23. The first-order valence-electron chi connectivity index (χ1n) is 8.17. The number of para-hydroxylation sites is 1. The van der Waals surface area contributed by atoms with Gasteiger partial charge in [-0.25, -0.2) is 8.42 Å². The summed E-state index contributed by atoms with van der Waals surface area (Å²) in [4.78, 5) is 0. The van der Waals surface area contributed by atoms with E-state index in [0.717, 1.165) is 18.9 Å². The summed E-state index contributed by atoms with van der Waals surface area (Å²) >= 11 is 0. The van der Waals surface area contributed by atoms with E-state index in [1.807, 2.05) is 0 Å². The highest BCUT2D eigenvalue weighted by atomic mass is 32.2. The van der Waals surface area contributed by atoms with Crippen LogP contribution in [0.4, 0.5) is 0 Å². The number of hydrogen-bond acceptors (Lipinski definition) is 2. The number of sulfonamides is 1. The van der Waals surface area contributed by atoms with Crippen molar-refractivity contribution in [1.82, 2.24) is 8.87 Å². The fourth-order valence-corrected chi connectivity index (χ4v) is 4.62. The zero-order chi connectivity index (χ0) is 15.3. The highest BCUT2D eigenvalue weighted by molar-refractivity contribution is 7.89. The molecule has 22 heavy (non-hydrogen) atoms. The Morgan fingerprint density at radius 3 is 2.73 bits per heavy atom. The van der Waals surface area contributed by atoms with Gasteiger partial charge in [0.05, 0.1) is 5.75 Å². The topological polar surface area (TPSA) is 42.3 Å². The second-order valence-corrected chi connectivity index (χ2v) is 8.74. The number of hydrogen-bond donors (Lipinski definition) is 0. The van der Waals surface area contributed by atoms with Gasteiger partial charge in [0.15, 0.2) is 0 Å². The van der Waals surface area contributed by atoms with Crippen LogP contribution in [0.2, 0.25) is 0 Å². The lowest BCUT2D eigenvalue weighted by atomic mass is 10.1. The fourth-order valence-electron chi connectivity index (χ4n) is 3.56. The van der Waals surface area contributed by atoms with Crippen LogP contribution in [0.5, 0.6) is 0 Å². The first-order valence-corrected chi connectivity index (χ1v) is 9.78. The Bertz CT molecular complexity index is 819. The Labute approximate surface area is 131 Å². The van der Waals surface area contributed by atoms with E-state index >= 15 is 0 Å². The molecule has 5 heteroatoms. The van der Waals surface area contributed by atoms with Gasteiger partial charge in [-0.3, -0.25) is 0 Å². The number of fused-ring (bicyclic) bond motifs is 3. The van der Waals surface area contributed by atoms with Crippen molar-refractivity contribution in [2.75, 3.05) is 12.3 Å². The van der Waals surface area contributed by atoms with E-state index in [1.54, 1.807) is 11.2 Å². The summed E-state index contributed by atoms with van der Waals surface area (Å²) in [6, 6.07) is 8.45. The zero-order valence-corrected chi connectivity index (χ0v) is 13.8. The third kappa shape index (κ3) is 2.27. The Balaban J connectivity index is 1.81. The van der Waals surface area contributed by atoms with Crippen LogP contribution in [0, 0.1) is 5.92 Å². The fraction of sp³-hybridized carbons (Fsp3) is 0.529. The van der Waals surface area contributed by atoms with E-state index < -0.39 is 10.0 Å². The van der Waals surface area contributed by atoms with Gasteiger partial charge in [0.1, 0.15) is 0 Å². The van der Waals surface area contributed by atoms with Gasteiger partial charge in [-0.05, 0) is 37.3 Å². The van der Waals surface area contributed by atoms with E-state index in [-0.39, 0.29) is 5.75 Å². The third-order valence-corrected chi connectivity index (χ3v) is 6.85. The van der Waals surface area contributed by atoms with Crippen molar-refractivity contribution < 1.29 is 8.42 Å². The van der Waals surface area contributed by atoms with Crippen LogP contribution in [0.1, 0.15) is 31.0 Å². The van der Waals surface area contributed by atoms with Gasteiger partial charge in [-0.15, -0.1) is 0 Å². The molecule has 1 aliphatic heterocycles. The monoisotopic (exact) mass is 318 g/mol. The molecule has 1 aliphatic carbocycles. The number of aromatic nitrogens is 1. The molecule has 0 atom stereocenters. The molecule has 0 amide bonds. The second kappa shape index (κ2) is 5.10. The van der Waals surface area contributed by atoms with Gasteiger partial charge in [-0.2, -0.15) is 4.31 Å². The van der Waals surface area contributed by atoms with Crippen LogP contribution in [0.15, 0.2) is 24.3 Å². The Morgan fingerprint density at radius 1 is 1.23 bits per heavy atom. The summed E-state index contributed by atoms with van der Waals surface area (Å²) in [5.41, 5.74) is 3.85. The van der Waals surface area contributed by atoms with Crippen LogP contribution < -0.4 is 0 Å². The van der Waals surface area contributed by atoms with Gasteiger partial charge in [0, 0.05) is 42.7 Å². The van der Waals surface area contributed by atoms with Gasteiger partial charge in [0.2, 0.25) is 10.0 Å². The minimum Gasteiger partial charge on any atom is -0.344 e. The maximum Gasteiger partial charge on any atom is 0.214 e. The van der Waals surface area contributed by atoms with Crippen molar-refractivity contribution >= 4 is 20.9 Å². The van der Waals surface area contributed by atoms with Gasteiger partial charge in [0.25, 0.3) is 0 Å². The molecule has 0 N–H and O–H groups in total. The number of rotatable bonds is 4. The third-order valence-electron chi connectivity index (χ3n) is 5.02. The molecule has 2 heterocycles.